The lowest BCUT2D eigenvalue weighted by Crippen LogP contribution is -1.73. The Kier molecular flexibility index (Phi) is 3.23. The second kappa shape index (κ2) is 4.65. The van der Waals surface area contributed by atoms with Gasteiger partial charge in [-0.15, -0.1) is 22.7 Å². The molecule has 0 unspecified atom stereocenters. The van der Waals surface area contributed by atoms with Crippen LogP contribution in [-0.4, -0.2) is 0 Å². The molecule has 0 aliphatic carbocycles. The normalized spacial score (nSPS) is 11.4. The van der Waals surface area contributed by atoms with Gasteiger partial charge >= 0.3 is 0 Å². The van der Waals surface area contributed by atoms with Crippen molar-refractivity contribution in [1.82, 2.24) is 0 Å². The molecule has 0 aliphatic rings. The number of allylic oxidation sites excluding steroid dienone is 1. The van der Waals surface area contributed by atoms with Gasteiger partial charge < -0.3 is 0 Å². The van der Waals surface area contributed by atoms with Crippen LogP contribution in [0.15, 0.2) is 23.6 Å². The van der Waals surface area contributed by atoms with Crippen LogP contribution in [0, 0.1) is 25.2 Å². The van der Waals surface area contributed by atoms with E-state index in [-0.39, 0.29) is 0 Å². The Morgan fingerprint density at radius 1 is 1.44 bits per heavy atom. The van der Waals surface area contributed by atoms with Gasteiger partial charge in [0.1, 0.15) is 6.07 Å². The van der Waals surface area contributed by atoms with E-state index in [4.69, 9.17) is 5.26 Å². The molecule has 0 amide bonds. The third kappa shape index (κ3) is 2.24. The van der Waals surface area contributed by atoms with Crippen LogP contribution in [0.1, 0.15) is 20.2 Å². The maximum absolute atomic E-state index is 9.13. The number of nitriles is 1. The van der Waals surface area contributed by atoms with Gasteiger partial charge in [-0.25, -0.2) is 0 Å². The monoisotopic (exact) mass is 245 g/mol. The summed E-state index contributed by atoms with van der Waals surface area (Å²) < 4.78 is 0. The van der Waals surface area contributed by atoms with Gasteiger partial charge in [-0.2, -0.15) is 5.26 Å². The zero-order valence-electron chi connectivity index (χ0n) is 9.15. The second-order valence-corrected chi connectivity index (χ2v) is 5.77. The highest BCUT2D eigenvalue weighted by Crippen LogP contribution is 2.27. The zero-order valence-corrected chi connectivity index (χ0v) is 10.8. The molecule has 0 bridgehead atoms. The van der Waals surface area contributed by atoms with Crippen molar-refractivity contribution in [3.8, 4) is 6.07 Å². The number of aryl methyl sites for hydroxylation is 2. The molecule has 16 heavy (non-hydrogen) atoms. The van der Waals surface area contributed by atoms with Gasteiger partial charge in [-0.3, -0.25) is 0 Å². The lowest BCUT2D eigenvalue weighted by Gasteiger charge is -1.91. The molecule has 0 radical (unpaired) electrons. The summed E-state index contributed by atoms with van der Waals surface area (Å²) in [7, 11) is 0. The Morgan fingerprint density at radius 3 is 2.75 bits per heavy atom. The summed E-state index contributed by atoms with van der Waals surface area (Å²) in [5.74, 6) is 0. The predicted octanol–water partition coefficient (Wildman–Crippen LogP) is 4.49. The third-order valence-corrected chi connectivity index (χ3v) is 4.38. The van der Waals surface area contributed by atoms with Crippen LogP contribution in [0.3, 0.4) is 0 Å². The molecule has 0 aliphatic heterocycles. The molecule has 0 fully saturated rings. The fourth-order valence-electron chi connectivity index (χ4n) is 1.41. The van der Waals surface area contributed by atoms with Crippen LogP contribution in [0.2, 0.25) is 0 Å². The van der Waals surface area contributed by atoms with E-state index >= 15 is 0 Å². The summed E-state index contributed by atoms with van der Waals surface area (Å²) in [5, 5.41) is 11.1. The first-order valence-corrected chi connectivity index (χ1v) is 6.63. The Labute approximate surface area is 103 Å². The lowest BCUT2D eigenvalue weighted by atomic mass is 10.2. The Balaban J connectivity index is 2.39. The molecule has 1 nitrogen and oxygen atoms in total. The molecule has 0 saturated heterocycles. The molecular weight excluding hydrogens is 234 g/mol. The minimum Gasteiger partial charge on any atom is -0.192 e. The SMILES string of the molecule is Cc1cc(/C=C(\C#N)c2cccs2)sc1C. The maximum Gasteiger partial charge on any atom is 0.101 e. The van der Waals surface area contributed by atoms with E-state index in [1.165, 1.54) is 10.4 Å². The van der Waals surface area contributed by atoms with Crippen molar-refractivity contribution in [2.75, 3.05) is 0 Å². The van der Waals surface area contributed by atoms with Gasteiger partial charge in [0.15, 0.2) is 0 Å². The van der Waals surface area contributed by atoms with E-state index in [0.717, 1.165) is 15.3 Å². The molecule has 0 atom stereocenters. The van der Waals surface area contributed by atoms with Crippen LogP contribution in [0.5, 0.6) is 0 Å². The highest BCUT2D eigenvalue weighted by atomic mass is 32.1. The summed E-state index contributed by atoms with van der Waals surface area (Å²) >= 11 is 3.33. The van der Waals surface area contributed by atoms with Gasteiger partial charge in [-0.1, -0.05) is 6.07 Å². The first kappa shape index (κ1) is 11.1. The summed E-state index contributed by atoms with van der Waals surface area (Å²) in [6.45, 7) is 4.20. The summed E-state index contributed by atoms with van der Waals surface area (Å²) in [6, 6.07) is 8.34. The van der Waals surface area contributed by atoms with E-state index in [1.807, 2.05) is 23.6 Å². The predicted molar refractivity (Wildman–Crippen MR) is 71.6 cm³/mol. The van der Waals surface area contributed by atoms with Crippen molar-refractivity contribution in [2.45, 2.75) is 13.8 Å². The minimum absolute atomic E-state index is 0.747. The maximum atomic E-state index is 9.13. The fraction of sp³-hybridized carbons (Fsp3) is 0.154. The summed E-state index contributed by atoms with van der Waals surface area (Å²) in [5.41, 5.74) is 2.04. The summed E-state index contributed by atoms with van der Waals surface area (Å²) in [6.07, 6.45) is 1.97. The Hall–Kier alpha value is -1.37. The third-order valence-electron chi connectivity index (χ3n) is 2.38. The second-order valence-electron chi connectivity index (χ2n) is 3.54. The smallest absolute Gasteiger partial charge is 0.101 e. The lowest BCUT2D eigenvalue weighted by molar-refractivity contribution is 1.44. The summed E-state index contributed by atoms with van der Waals surface area (Å²) in [4.78, 5) is 3.50. The number of rotatable bonds is 2. The molecule has 2 aromatic heterocycles. The van der Waals surface area contributed by atoms with Crippen LogP contribution < -0.4 is 0 Å². The van der Waals surface area contributed by atoms with Crippen LogP contribution in [0.25, 0.3) is 11.6 Å². The van der Waals surface area contributed by atoms with Gasteiger partial charge in [0.25, 0.3) is 0 Å². The highest BCUT2D eigenvalue weighted by molar-refractivity contribution is 7.13. The highest BCUT2D eigenvalue weighted by Gasteiger charge is 2.04. The number of hydrogen-bond donors (Lipinski definition) is 0. The van der Waals surface area contributed by atoms with Gasteiger partial charge in [0.05, 0.1) is 5.57 Å². The van der Waals surface area contributed by atoms with Gasteiger partial charge in [0, 0.05) is 14.6 Å². The topological polar surface area (TPSA) is 23.8 Å². The van der Waals surface area contributed by atoms with Gasteiger partial charge in [0.2, 0.25) is 0 Å². The molecule has 0 saturated carbocycles. The molecule has 2 heterocycles. The molecule has 2 aromatic rings. The van der Waals surface area contributed by atoms with Crippen molar-refractivity contribution in [3.05, 3.63) is 43.8 Å². The number of thiophene rings is 2. The standard InChI is InChI=1S/C13H11NS2/c1-9-6-12(16-10(9)2)7-11(8-14)13-4-3-5-15-13/h3-7H,1-2H3/b11-7+. The van der Waals surface area contributed by atoms with Gasteiger partial charge in [-0.05, 0) is 43.0 Å². The molecule has 0 aromatic carbocycles. The fourth-order valence-corrected chi connectivity index (χ4v) is 3.08. The minimum atomic E-state index is 0.747. The molecule has 80 valence electrons. The van der Waals surface area contributed by atoms with Crippen molar-refractivity contribution in [1.29, 1.82) is 5.26 Å². The number of hydrogen-bond acceptors (Lipinski definition) is 3. The first-order valence-electron chi connectivity index (χ1n) is 4.93. The Bertz CT molecular complexity index is 534. The van der Waals surface area contributed by atoms with Crippen molar-refractivity contribution in [2.24, 2.45) is 0 Å². The molecule has 0 spiro atoms. The molecule has 3 heteroatoms. The number of nitrogens with zero attached hydrogens (tertiary/aromatic N) is 1. The largest absolute Gasteiger partial charge is 0.192 e. The molecule has 0 N–H and O–H groups in total. The van der Waals surface area contributed by atoms with E-state index in [2.05, 4.69) is 26.0 Å². The van der Waals surface area contributed by atoms with Crippen molar-refractivity contribution in [3.63, 3.8) is 0 Å². The van der Waals surface area contributed by atoms with Crippen LogP contribution >= 0.6 is 22.7 Å². The quantitative estimate of drug-likeness (QED) is 0.715. The van der Waals surface area contributed by atoms with Crippen LogP contribution in [0.4, 0.5) is 0 Å². The molecular formula is C13H11NS2. The van der Waals surface area contributed by atoms with Crippen LogP contribution in [-0.2, 0) is 0 Å². The Morgan fingerprint density at radius 2 is 2.25 bits per heavy atom. The average Bonchev–Trinajstić information content (AvgIpc) is 2.86. The van der Waals surface area contributed by atoms with Crippen molar-refractivity contribution >= 4 is 34.3 Å². The average molecular weight is 245 g/mol. The molecule has 2 rings (SSSR count). The first-order chi connectivity index (χ1) is 7.70. The van der Waals surface area contributed by atoms with E-state index in [0.29, 0.717) is 0 Å². The van der Waals surface area contributed by atoms with E-state index < -0.39 is 0 Å². The zero-order chi connectivity index (χ0) is 11.5. The van der Waals surface area contributed by atoms with E-state index in [9.17, 15) is 0 Å². The van der Waals surface area contributed by atoms with E-state index in [1.54, 1.807) is 22.7 Å². The van der Waals surface area contributed by atoms with Crippen molar-refractivity contribution < 1.29 is 0 Å².